The first-order valence-corrected chi connectivity index (χ1v) is 7.13. The Balaban J connectivity index is 2.18. The highest BCUT2D eigenvalue weighted by atomic mass is 35.5. The van der Waals surface area contributed by atoms with Gasteiger partial charge in [-0.1, -0.05) is 11.6 Å². The molecule has 1 aromatic rings. The Morgan fingerprint density at radius 1 is 1.42 bits per heavy atom. The summed E-state index contributed by atoms with van der Waals surface area (Å²) in [5.74, 6) is 0.151. The number of hydrogen-bond acceptors (Lipinski definition) is 2. The highest BCUT2D eigenvalue weighted by Crippen LogP contribution is 2.36. The summed E-state index contributed by atoms with van der Waals surface area (Å²) >= 11 is 7.44. The van der Waals surface area contributed by atoms with E-state index in [1.165, 1.54) is 17.8 Å². The van der Waals surface area contributed by atoms with Crippen LogP contribution in [0.5, 0.6) is 0 Å². The van der Waals surface area contributed by atoms with E-state index in [1.54, 1.807) is 0 Å². The Labute approximate surface area is 118 Å². The molecule has 1 saturated heterocycles. The van der Waals surface area contributed by atoms with Gasteiger partial charge in [0.15, 0.2) is 0 Å². The van der Waals surface area contributed by atoms with Gasteiger partial charge in [-0.2, -0.15) is 13.2 Å². The Morgan fingerprint density at radius 2 is 2.11 bits per heavy atom. The van der Waals surface area contributed by atoms with Gasteiger partial charge in [-0.3, -0.25) is 4.79 Å². The normalized spacial score (nSPS) is 23.9. The number of hydrogen-bond donors (Lipinski definition) is 0. The topological polar surface area (TPSA) is 17.1 Å². The van der Waals surface area contributed by atoms with E-state index in [0.29, 0.717) is 23.4 Å². The molecule has 0 bridgehead atoms. The number of carbonyl (C=O) groups is 1. The maximum Gasteiger partial charge on any atom is 0.416 e. The average molecular weight is 309 g/mol. The molecule has 6 heteroatoms. The number of ketones is 1. The Kier molecular flexibility index (Phi) is 4.16. The molecule has 2 atom stereocenters. The van der Waals surface area contributed by atoms with E-state index in [-0.39, 0.29) is 16.3 Å². The van der Waals surface area contributed by atoms with Gasteiger partial charge in [0.05, 0.1) is 10.8 Å². The quantitative estimate of drug-likeness (QED) is 0.807. The van der Waals surface area contributed by atoms with E-state index < -0.39 is 11.7 Å². The number of rotatable bonds is 2. The van der Waals surface area contributed by atoms with E-state index in [9.17, 15) is 18.0 Å². The summed E-state index contributed by atoms with van der Waals surface area (Å²) in [4.78, 5) is 11.5. The fraction of sp³-hybridized carbons (Fsp3) is 0.462. The Hall–Kier alpha value is -0.680. The van der Waals surface area contributed by atoms with Crippen molar-refractivity contribution in [3.8, 4) is 0 Å². The lowest BCUT2D eigenvalue weighted by atomic mass is 10.0. The zero-order valence-electron chi connectivity index (χ0n) is 10.1. The molecule has 0 amide bonds. The molecular weight excluding hydrogens is 297 g/mol. The van der Waals surface area contributed by atoms with Gasteiger partial charge in [0.25, 0.3) is 0 Å². The van der Waals surface area contributed by atoms with Crippen molar-refractivity contribution in [2.75, 3.05) is 0 Å². The second-order valence-corrected chi connectivity index (χ2v) is 6.63. The first-order chi connectivity index (χ1) is 8.77. The van der Waals surface area contributed by atoms with Crippen molar-refractivity contribution in [3.63, 3.8) is 0 Å². The maximum absolute atomic E-state index is 12.6. The van der Waals surface area contributed by atoms with E-state index in [2.05, 4.69) is 0 Å². The van der Waals surface area contributed by atoms with Gasteiger partial charge < -0.3 is 0 Å². The van der Waals surface area contributed by atoms with E-state index >= 15 is 0 Å². The summed E-state index contributed by atoms with van der Waals surface area (Å²) in [5, 5.41) is 0.263. The van der Waals surface area contributed by atoms with Crippen LogP contribution in [0.4, 0.5) is 13.2 Å². The van der Waals surface area contributed by atoms with Gasteiger partial charge in [-0.15, -0.1) is 11.8 Å². The third-order valence-corrected chi connectivity index (χ3v) is 4.86. The van der Waals surface area contributed by atoms with Crippen LogP contribution in [0.25, 0.3) is 0 Å². The Morgan fingerprint density at radius 3 is 2.63 bits per heavy atom. The van der Waals surface area contributed by atoms with Crippen LogP contribution in [0.3, 0.4) is 0 Å². The second kappa shape index (κ2) is 5.37. The molecular formula is C13H12ClF3OS. The number of benzene rings is 1. The molecule has 0 saturated carbocycles. The summed E-state index contributed by atoms with van der Waals surface area (Å²) in [6, 6.07) is 3.32. The highest BCUT2D eigenvalue weighted by molar-refractivity contribution is 8.01. The van der Waals surface area contributed by atoms with Crippen molar-refractivity contribution in [1.29, 1.82) is 0 Å². The van der Waals surface area contributed by atoms with Crippen LogP contribution in [0, 0.1) is 0 Å². The summed E-state index contributed by atoms with van der Waals surface area (Å²) in [6.07, 6.45) is -3.58. The van der Waals surface area contributed by atoms with Gasteiger partial charge in [-0.25, -0.2) is 0 Å². The minimum atomic E-state index is -4.37. The standard InChI is InChI=1S/C13H12ClF3OS/c1-7-12(18)6-10(19-7)5-8-4-9(13(15,16)17)2-3-11(8)14/h2-4,7,10H,5-6H2,1H3. The van der Waals surface area contributed by atoms with E-state index in [0.717, 1.165) is 12.1 Å². The van der Waals surface area contributed by atoms with Crippen LogP contribution >= 0.6 is 23.4 Å². The zero-order valence-corrected chi connectivity index (χ0v) is 11.7. The second-order valence-electron chi connectivity index (χ2n) is 4.58. The van der Waals surface area contributed by atoms with Crippen LogP contribution < -0.4 is 0 Å². The lowest BCUT2D eigenvalue weighted by Crippen LogP contribution is -2.09. The molecule has 0 spiro atoms. The predicted octanol–water partition coefficient (Wildman–Crippen LogP) is 4.36. The lowest BCUT2D eigenvalue weighted by Gasteiger charge is -2.13. The van der Waals surface area contributed by atoms with Crippen molar-refractivity contribution < 1.29 is 18.0 Å². The van der Waals surface area contributed by atoms with Crippen LogP contribution in [-0.2, 0) is 17.4 Å². The molecule has 1 aliphatic rings. The summed E-state index contributed by atoms with van der Waals surface area (Å²) in [7, 11) is 0. The maximum atomic E-state index is 12.6. The molecule has 2 rings (SSSR count). The van der Waals surface area contributed by atoms with E-state index in [1.807, 2.05) is 6.92 Å². The third-order valence-electron chi connectivity index (χ3n) is 3.10. The summed E-state index contributed by atoms with van der Waals surface area (Å²) in [5.41, 5.74) is -0.245. The molecule has 1 nitrogen and oxygen atoms in total. The van der Waals surface area contributed by atoms with Crippen LogP contribution in [0.15, 0.2) is 18.2 Å². The number of halogens is 4. The fourth-order valence-electron chi connectivity index (χ4n) is 2.08. The molecule has 1 fully saturated rings. The number of thioether (sulfide) groups is 1. The van der Waals surface area contributed by atoms with Gasteiger partial charge in [0.2, 0.25) is 0 Å². The average Bonchev–Trinajstić information content (AvgIpc) is 2.59. The molecule has 0 radical (unpaired) electrons. The van der Waals surface area contributed by atoms with E-state index in [4.69, 9.17) is 11.6 Å². The van der Waals surface area contributed by atoms with Crippen molar-refractivity contribution in [2.24, 2.45) is 0 Å². The smallest absolute Gasteiger partial charge is 0.298 e. The molecule has 19 heavy (non-hydrogen) atoms. The minimum absolute atomic E-state index is 0.0171. The van der Waals surface area contributed by atoms with Crippen molar-refractivity contribution in [3.05, 3.63) is 34.3 Å². The minimum Gasteiger partial charge on any atom is -0.298 e. The predicted molar refractivity (Wildman–Crippen MR) is 70.6 cm³/mol. The third kappa shape index (κ3) is 3.45. The van der Waals surface area contributed by atoms with Crippen molar-refractivity contribution in [1.82, 2.24) is 0 Å². The summed E-state index contributed by atoms with van der Waals surface area (Å²) in [6.45, 7) is 1.82. The lowest BCUT2D eigenvalue weighted by molar-refractivity contribution is -0.137. The molecule has 0 N–H and O–H groups in total. The highest BCUT2D eigenvalue weighted by Gasteiger charge is 2.33. The summed E-state index contributed by atoms with van der Waals surface area (Å²) < 4.78 is 37.9. The molecule has 0 aromatic heterocycles. The van der Waals surface area contributed by atoms with Gasteiger partial charge in [0, 0.05) is 16.7 Å². The first-order valence-electron chi connectivity index (χ1n) is 5.81. The number of Topliss-reactive ketones (excluding diaryl/α,β-unsaturated/α-hetero) is 1. The number of carbonyl (C=O) groups excluding carboxylic acids is 1. The molecule has 1 aromatic carbocycles. The molecule has 2 unspecified atom stereocenters. The zero-order chi connectivity index (χ0) is 14.2. The van der Waals surface area contributed by atoms with Crippen LogP contribution in [0.2, 0.25) is 5.02 Å². The van der Waals surface area contributed by atoms with Gasteiger partial charge >= 0.3 is 6.18 Å². The Bertz CT molecular complexity index is 501. The van der Waals surface area contributed by atoms with Gasteiger partial charge in [0.1, 0.15) is 5.78 Å². The van der Waals surface area contributed by atoms with Crippen molar-refractivity contribution in [2.45, 2.75) is 36.4 Å². The first kappa shape index (κ1) is 14.7. The van der Waals surface area contributed by atoms with Gasteiger partial charge in [-0.05, 0) is 37.1 Å². The van der Waals surface area contributed by atoms with Crippen LogP contribution in [0.1, 0.15) is 24.5 Å². The fourth-order valence-corrected chi connectivity index (χ4v) is 3.63. The molecule has 104 valence electrons. The largest absolute Gasteiger partial charge is 0.416 e. The number of alkyl halides is 3. The monoisotopic (exact) mass is 308 g/mol. The van der Waals surface area contributed by atoms with Crippen LogP contribution in [-0.4, -0.2) is 16.3 Å². The SMILES string of the molecule is CC1SC(Cc2cc(C(F)(F)F)ccc2Cl)CC1=O. The molecule has 1 aliphatic heterocycles. The van der Waals surface area contributed by atoms with Crippen molar-refractivity contribution >= 4 is 29.1 Å². The molecule has 1 heterocycles. The molecule has 0 aliphatic carbocycles.